The van der Waals surface area contributed by atoms with Crippen LogP contribution in [0.4, 0.5) is 5.69 Å². The van der Waals surface area contributed by atoms with Gasteiger partial charge in [-0.3, -0.25) is 10.1 Å². The lowest BCUT2D eigenvalue weighted by molar-refractivity contribution is -0.385. The fraction of sp³-hybridized carbons (Fsp3) is 0.455. The second-order valence-electron chi connectivity index (χ2n) is 4.34. The highest BCUT2D eigenvalue weighted by molar-refractivity contribution is 6.30. The van der Waals surface area contributed by atoms with E-state index in [1.54, 1.807) is 6.07 Å². The highest BCUT2D eigenvalue weighted by atomic mass is 35.5. The molecule has 0 heterocycles. The Balaban J connectivity index is 3.10. The van der Waals surface area contributed by atoms with Crippen molar-refractivity contribution in [3.05, 3.63) is 38.9 Å². The van der Waals surface area contributed by atoms with Crippen molar-refractivity contribution in [3.63, 3.8) is 0 Å². The summed E-state index contributed by atoms with van der Waals surface area (Å²) in [5.41, 5.74) is 0.569. The van der Waals surface area contributed by atoms with Gasteiger partial charge in [0.1, 0.15) is 0 Å². The van der Waals surface area contributed by atoms with E-state index in [0.717, 1.165) is 0 Å². The first-order valence-corrected chi connectivity index (χ1v) is 5.35. The fourth-order valence-electron chi connectivity index (χ4n) is 1.44. The van der Waals surface area contributed by atoms with E-state index in [0.29, 0.717) is 17.0 Å². The van der Waals surface area contributed by atoms with Gasteiger partial charge in [-0.25, -0.2) is 0 Å². The summed E-state index contributed by atoms with van der Waals surface area (Å²) in [6.07, 6.45) is 0.556. The summed E-state index contributed by atoms with van der Waals surface area (Å²) >= 11 is 5.85. The third-order valence-electron chi connectivity index (χ3n) is 2.55. The third kappa shape index (κ3) is 3.18. The largest absolute Gasteiger partial charge is 0.314 e. The van der Waals surface area contributed by atoms with Gasteiger partial charge >= 0.3 is 0 Å². The first-order chi connectivity index (χ1) is 7.35. The number of halogens is 1. The first-order valence-electron chi connectivity index (χ1n) is 4.97. The van der Waals surface area contributed by atoms with Crippen LogP contribution in [0.3, 0.4) is 0 Å². The molecule has 0 radical (unpaired) electrons. The Morgan fingerprint density at radius 3 is 2.62 bits per heavy atom. The van der Waals surface area contributed by atoms with Crippen LogP contribution in [0.5, 0.6) is 0 Å². The number of likely N-dealkylation sites (N-methyl/N-ethyl adjacent to an activating group) is 1. The number of nitro groups is 1. The normalized spacial score (nSPS) is 11.5. The summed E-state index contributed by atoms with van der Waals surface area (Å²) in [7, 11) is 1.83. The van der Waals surface area contributed by atoms with E-state index in [1.807, 2.05) is 20.9 Å². The van der Waals surface area contributed by atoms with Gasteiger partial charge < -0.3 is 5.32 Å². The summed E-state index contributed by atoms with van der Waals surface area (Å²) < 4.78 is 0. The zero-order valence-corrected chi connectivity index (χ0v) is 10.3. The maximum Gasteiger partial charge on any atom is 0.272 e. The minimum absolute atomic E-state index is 0.118. The monoisotopic (exact) mass is 242 g/mol. The first kappa shape index (κ1) is 12.9. The van der Waals surface area contributed by atoms with Crippen LogP contribution in [0, 0.1) is 10.1 Å². The number of rotatable bonds is 4. The standard InChI is InChI=1S/C11H15ClN2O2/c1-11(2,13-3)7-8-6-9(12)4-5-10(8)14(15)16/h4-6,13H,7H2,1-3H3. The Morgan fingerprint density at radius 1 is 1.50 bits per heavy atom. The van der Waals surface area contributed by atoms with E-state index in [2.05, 4.69) is 5.32 Å². The Labute approximate surface area is 99.8 Å². The molecule has 5 heteroatoms. The molecule has 1 N–H and O–H groups in total. The number of nitrogens with zero attached hydrogens (tertiary/aromatic N) is 1. The second kappa shape index (κ2) is 4.80. The van der Waals surface area contributed by atoms with Crippen LogP contribution >= 0.6 is 11.6 Å². The van der Waals surface area contributed by atoms with Crippen molar-refractivity contribution < 1.29 is 4.92 Å². The minimum Gasteiger partial charge on any atom is -0.314 e. The zero-order valence-electron chi connectivity index (χ0n) is 9.58. The molecular weight excluding hydrogens is 228 g/mol. The van der Waals surface area contributed by atoms with Gasteiger partial charge in [0.15, 0.2) is 0 Å². The number of benzene rings is 1. The molecule has 1 rings (SSSR count). The van der Waals surface area contributed by atoms with Crippen LogP contribution in [0.25, 0.3) is 0 Å². The fourth-order valence-corrected chi connectivity index (χ4v) is 1.63. The molecule has 4 nitrogen and oxygen atoms in total. The second-order valence-corrected chi connectivity index (χ2v) is 4.78. The Kier molecular flexibility index (Phi) is 3.88. The molecule has 0 aliphatic heterocycles. The minimum atomic E-state index is -0.378. The van der Waals surface area contributed by atoms with Crippen LogP contribution in [0.1, 0.15) is 19.4 Å². The van der Waals surface area contributed by atoms with Crippen LogP contribution in [0.2, 0.25) is 5.02 Å². The van der Waals surface area contributed by atoms with Crippen molar-refractivity contribution in [3.8, 4) is 0 Å². The quantitative estimate of drug-likeness (QED) is 0.653. The van der Waals surface area contributed by atoms with Gasteiger partial charge in [-0.1, -0.05) is 11.6 Å². The summed E-state index contributed by atoms with van der Waals surface area (Å²) in [5.74, 6) is 0. The molecule has 0 aromatic heterocycles. The van der Waals surface area contributed by atoms with Crippen molar-refractivity contribution in [2.75, 3.05) is 7.05 Å². The molecule has 1 aromatic carbocycles. The average molecular weight is 243 g/mol. The Bertz CT molecular complexity index is 405. The smallest absolute Gasteiger partial charge is 0.272 e. The van der Waals surface area contributed by atoms with Gasteiger partial charge in [0, 0.05) is 22.2 Å². The number of hydrogen-bond donors (Lipinski definition) is 1. The maximum absolute atomic E-state index is 10.8. The van der Waals surface area contributed by atoms with Gasteiger partial charge in [0.05, 0.1) is 4.92 Å². The predicted octanol–water partition coefficient (Wildman–Crippen LogP) is 2.79. The van der Waals surface area contributed by atoms with Crippen LogP contribution in [-0.4, -0.2) is 17.5 Å². The van der Waals surface area contributed by atoms with Gasteiger partial charge in [-0.2, -0.15) is 0 Å². The SMILES string of the molecule is CNC(C)(C)Cc1cc(Cl)ccc1[N+](=O)[O-]. The lowest BCUT2D eigenvalue weighted by atomic mass is 9.94. The number of hydrogen-bond acceptors (Lipinski definition) is 3. The lowest BCUT2D eigenvalue weighted by Crippen LogP contribution is -2.38. The van der Waals surface area contributed by atoms with Gasteiger partial charge in [0.2, 0.25) is 0 Å². The lowest BCUT2D eigenvalue weighted by Gasteiger charge is -2.23. The van der Waals surface area contributed by atoms with E-state index in [-0.39, 0.29) is 16.1 Å². The molecule has 1 aromatic rings. The van der Waals surface area contributed by atoms with E-state index in [4.69, 9.17) is 11.6 Å². The van der Waals surface area contributed by atoms with Crippen LogP contribution in [-0.2, 0) is 6.42 Å². The molecular formula is C11H15ClN2O2. The summed E-state index contributed by atoms with van der Waals surface area (Å²) in [6, 6.07) is 4.64. The molecule has 0 amide bonds. The molecule has 0 saturated heterocycles. The molecule has 88 valence electrons. The van der Waals surface area contributed by atoms with E-state index >= 15 is 0 Å². The van der Waals surface area contributed by atoms with Crippen molar-refractivity contribution in [1.29, 1.82) is 0 Å². The maximum atomic E-state index is 10.8. The van der Waals surface area contributed by atoms with Gasteiger partial charge in [-0.05, 0) is 39.4 Å². The van der Waals surface area contributed by atoms with Crippen LogP contribution < -0.4 is 5.32 Å². The van der Waals surface area contributed by atoms with E-state index < -0.39 is 0 Å². The molecule has 0 unspecified atom stereocenters. The molecule has 16 heavy (non-hydrogen) atoms. The number of nitrogens with one attached hydrogen (secondary N) is 1. The molecule has 0 fully saturated rings. The summed E-state index contributed by atoms with van der Waals surface area (Å²) in [5, 5.41) is 14.5. The van der Waals surface area contributed by atoms with Crippen molar-refractivity contribution >= 4 is 17.3 Å². The molecule has 0 bridgehead atoms. The van der Waals surface area contributed by atoms with E-state index in [9.17, 15) is 10.1 Å². The Morgan fingerprint density at radius 2 is 2.12 bits per heavy atom. The van der Waals surface area contributed by atoms with Crippen molar-refractivity contribution in [1.82, 2.24) is 5.32 Å². The zero-order chi connectivity index (χ0) is 12.3. The molecule has 0 spiro atoms. The highest BCUT2D eigenvalue weighted by Gasteiger charge is 2.22. The van der Waals surface area contributed by atoms with Crippen molar-refractivity contribution in [2.24, 2.45) is 0 Å². The Hall–Kier alpha value is -1.13. The van der Waals surface area contributed by atoms with Crippen molar-refractivity contribution in [2.45, 2.75) is 25.8 Å². The third-order valence-corrected chi connectivity index (χ3v) is 2.78. The van der Waals surface area contributed by atoms with Gasteiger partial charge in [0.25, 0.3) is 5.69 Å². The molecule has 0 aliphatic carbocycles. The van der Waals surface area contributed by atoms with Gasteiger partial charge in [-0.15, -0.1) is 0 Å². The topological polar surface area (TPSA) is 55.2 Å². The highest BCUT2D eigenvalue weighted by Crippen LogP contribution is 2.26. The average Bonchev–Trinajstić information content (AvgIpc) is 2.16. The molecule has 0 aliphatic rings. The molecule has 0 saturated carbocycles. The summed E-state index contributed by atoms with van der Waals surface area (Å²) in [4.78, 5) is 10.5. The summed E-state index contributed by atoms with van der Waals surface area (Å²) in [6.45, 7) is 3.97. The number of nitro benzene ring substituents is 1. The van der Waals surface area contributed by atoms with Crippen LogP contribution in [0.15, 0.2) is 18.2 Å². The van der Waals surface area contributed by atoms with E-state index in [1.165, 1.54) is 12.1 Å². The predicted molar refractivity (Wildman–Crippen MR) is 64.9 cm³/mol. The molecule has 0 atom stereocenters.